The zero-order valence-corrected chi connectivity index (χ0v) is 8.57. The molecule has 0 saturated carbocycles. The van der Waals surface area contributed by atoms with Crippen LogP contribution >= 0.6 is 15.9 Å². The highest BCUT2D eigenvalue weighted by molar-refractivity contribution is 9.09. The van der Waals surface area contributed by atoms with Gasteiger partial charge >= 0.3 is 0 Å². The summed E-state index contributed by atoms with van der Waals surface area (Å²) in [6, 6.07) is 0. The predicted octanol–water partition coefficient (Wildman–Crippen LogP) is 3.70. The first-order chi connectivity index (χ1) is 5.06. The summed E-state index contributed by atoms with van der Waals surface area (Å²) < 4.78 is 23.8. The minimum Gasteiger partial charge on any atom is -0.211 e. The lowest BCUT2D eigenvalue weighted by molar-refractivity contribution is 0.114. The van der Waals surface area contributed by atoms with E-state index in [9.17, 15) is 8.78 Å². The van der Waals surface area contributed by atoms with Gasteiger partial charge in [-0.25, -0.2) is 8.78 Å². The van der Waals surface area contributed by atoms with Crippen LogP contribution in [0.1, 0.15) is 26.7 Å². The van der Waals surface area contributed by atoms with E-state index in [0.717, 1.165) is 6.42 Å². The summed E-state index contributed by atoms with van der Waals surface area (Å²) in [5.41, 5.74) is 0. The molecule has 0 aromatic carbocycles. The molecule has 0 aromatic heterocycles. The molecule has 0 aliphatic carbocycles. The van der Waals surface area contributed by atoms with Gasteiger partial charge in [0.2, 0.25) is 6.43 Å². The highest BCUT2D eigenvalue weighted by Gasteiger charge is 2.14. The van der Waals surface area contributed by atoms with Gasteiger partial charge in [-0.1, -0.05) is 29.8 Å². The highest BCUT2D eigenvalue weighted by Crippen LogP contribution is 2.20. The first kappa shape index (κ1) is 11.3. The van der Waals surface area contributed by atoms with Crippen LogP contribution in [0.25, 0.3) is 0 Å². The van der Waals surface area contributed by atoms with Crippen LogP contribution in [-0.4, -0.2) is 11.8 Å². The minimum absolute atomic E-state index is 0.0312. The monoisotopic (exact) mass is 228 g/mol. The van der Waals surface area contributed by atoms with Gasteiger partial charge in [0.05, 0.1) is 0 Å². The lowest BCUT2D eigenvalue weighted by atomic mass is 9.96. The van der Waals surface area contributed by atoms with E-state index in [4.69, 9.17) is 0 Å². The molecule has 0 rings (SSSR count). The third-order valence-electron chi connectivity index (χ3n) is 1.53. The summed E-state index contributed by atoms with van der Waals surface area (Å²) in [5.74, 6) is 0.645. The van der Waals surface area contributed by atoms with Crippen LogP contribution in [0.2, 0.25) is 0 Å². The van der Waals surface area contributed by atoms with Gasteiger partial charge in [0.15, 0.2) is 0 Å². The Bertz CT molecular complexity index is 84.1. The molecule has 0 spiro atoms. The molecule has 0 aromatic rings. The molecule has 3 heteroatoms. The zero-order chi connectivity index (χ0) is 8.85. The Morgan fingerprint density at radius 2 is 1.73 bits per heavy atom. The SMILES string of the molecule is CC(C)CC(CBr)CC(F)F. The van der Waals surface area contributed by atoms with Crippen LogP contribution < -0.4 is 0 Å². The second-order valence-corrected chi connectivity index (χ2v) is 3.92. The summed E-state index contributed by atoms with van der Waals surface area (Å²) in [6.45, 7) is 4.11. The third kappa shape index (κ3) is 6.73. The molecule has 0 bridgehead atoms. The maximum atomic E-state index is 11.9. The lowest BCUT2D eigenvalue weighted by Gasteiger charge is -2.15. The van der Waals surface area contributed by atoms with E-state index in [1.54, 1.807) is 0 Å². The molecule has 0 heterocycles. The number of halogens is 3. The quantitative estimate of drug-likeness (QED) is 0.630. The largest absolute Gasteiger partial charge is 0.238 e. The number of rotatable bonds is 5. The predicted molar refractivity (Wildman–Crippen MR) is 47.4 cm³/mol. The van der Waals surface area contributed by atoms with Crippen LogP contribution in [0.15, 0.2) is 0 Å². The number of alkyl halides is 3. The van der Waals surface area contributed by atoms with Gasteiger partial charge < -0.3 is 0 Å². The van der Waals surface area contributed by atoms with Crippen molar-refractivity contribution < 1.29 is 8.78 Å². The van der Waals surface area contributed by atoms with Crippen LogP contribution in [0.5, 0.6) is 0 Å². The van der Waals surface area contributed by atoms with Crippen molar-refractivity contribution in [3.8, 4) is 0 Å². The molecule has 0 radical (unpaired) electrons. The van der Waals surface area contributed by atoms with Crippen molar-refractivity contribution in [2.45, 2.75) is 33.1 Å². The number of hydrogen-bond acceptors (Lipinski definition) is 0. The van der Waals surface area contributed by atoms with Crippen molar-refractivity contribution >= 4 is 15.9 Å². The number of hydrogen-bond donors (Lipinski definition) is 0. The summed E-state index contributed by atoms with van der Waals surface area (Å²) in [7, 11) is 0. The molecule has 68 valence electrons. The first-order valence-corrected chi connectivity index (χ1v) is 5.02. The molecule has 0 amide bonds. The fraction of sp³-hybridized carbons (Fsp3) is 1.00. The van der Waals surface area contributed by atoms with E-state index in [2.05, 4.69) is 29.8 Å². The smallest absolute Gasteiger partial charge is 0.211 e. The summed E-state index contributed by atoms with van der Waals surface area (Å²) in [4.78, 5) is 0. The normalized spacial score (nSPS) is 14.5. The van der Waals surface area contributed by atoms with Crippen LogP contribution in [0, 0.1) is 11.8 Å². The average molecular weight is 229 g/mol. The van der Waals surface area contributed by atoms with Gasteiger partial charge in [0.1, 0.15) is 0 Å². The average Bonchev–Trinajstić information content (AvgIpc) is 1.84. The Hall–Kier alpha value is 0.340. The van der Waals surface area contributed by atoms with Crippen LogP contribution in [-0.2, 0) is 0 Å². The van der Waals surface area contributed by atoms with Crippen molar-refractivity contribution in [1.29, 1.82) is 0 Å². The van der Waals surface area contributed by atoms with Crippen molar-refractivity contribution in [2.24, 2.45) is 11.8 Å². The molecule has 0 fully saturated rings. The molecule has 0 aliphatic rings. The molecule has 1 unspecified atom stereocenters. The van der Waals surface area contributed by atoms with Crippen molar-refractivity contribution in [1.82, 2.24) is 0 Å². The van der Waals surface area contributed by atoms with Gasteiger partial charge in [-0.3, -0.25) is 0 Å². The minimum atomic E-state index is -2.16. The topological polar surface area (TPSA) is 0 Å². The van der Waals surface area contributed by atoms with Gasteiger partial charge in [-0.2, -0.15) is 0 Å². The maximum Gasteiger partial charge on any atom is 0.238 e. The summed E-state index contributed by atoms with van der Waals surface area (Å²) >= 11 is 3.24. The molecule has 0 nitrogen and oxygen atoms in total. The molecular weight excluding hydrogens is 214 g/mol. The van der Waals surface area contributed by atoms with Crippen LogP contribution in [0.4, 0.5) is 8.78 Å². The van der Waals surface area contributed by atoms with E-state index < -0.39 is 6.43 Å². The zero-order valence-electron chi connectivity index (χ0n) is 6.99. The fourth-order valence-electron chi connectivity index (χ4n) is 1.14. The van der Waals surface area contributed by atoms with Crippen molar-refractivity contribution in [3.05, 3.63) is 0 Å². The van der Waals surface area contributed by atoms with E-state index in [-0.39, 0.29) is 12.3 Å². The second kappa shape index (κ2) is 5.92. The maximum absolute atomic E-state index is 11.9. The Labute approximate surface area is 75.5 Å². The standard InChI is InChI=1S/C8H15BrF2/c1-6(2)3-7(5-9)4-8(10)11/h6-8H,3-5H2,1-2H3. The van der Waals surface area contributed by atoms with Gasteiger partial charge in [0.25, 0.3) is 0 Å². The molecule has 0 aliphatic heterocycles. The van der Waals surface area contributed by atoms with E-state index in [1.165, 1.54) is 0 Å². The fourth-order valence-corrected chi connectivity index (χ4v) is 1.67. The van der Waals surface area contributed by atoms with Gasteiger partial charge in [0, 0.05) is 11.8 Å². The summed E-state index contributed by atoms with van der Waals surface area (Å²) in [5, 5.41) is 0.690. The lowest BCUT2D eigenvalue weighted by Crippen LogP contribution is -2.10. The summed E-state index contributed by atoms with van der Waals surface area (Å²) in [6.07, 6.45) is -1.24. The van der Waals surface area contributed by atoms with Crippen molar-refractivity contribution in [3.63, 3.8) is 0 Å². The Kier molecular flexibility index (Phi) is 6.11. The van der Waals surface area contributed by atoms with E-state index in [0.29, 0.717) is 11.2 Å². The molecule has 1 atom stereocenters. The van der Waals surface area contributed by atoms with Crippen molar-refractivity contribution in [2.75, 3.05) is 5.33 Å². The Morgan fingerprint density at radius 3 is 2.00 bits per heavy atom. The first-order valence-electron chi connectivity index (χ1n) is 3.90. The van der Waals surface area contributed by atoms with E-state index >= 15 is 0 Å². The molecular formula is C8H15BrF2. The van der Waals surface area contributed by atoms with Crippen LogP contribution in [0.3, 0.4) is 0 Å². The van der Waals surface area contributed by atoms with Gasteiger partial charge in [-0.15, -0.1) is 0 Å². The molecule has 0 N–H and O–H groups in total. The van der Waals surface area contributed by atoms with Gasteiger partial charge in [-0.05, 0) is 18.3 Å². The third-order valence-corrected chi connectivity index (χ3v) is 2.45. The Morgan fingerprint density at radius 1 is 1.18 bits per heavy atom. The Balaban J connectivity index is 3.58. The molecule has 11 heavy (non-hydrogen) atoms. The molecule has 0 saturated heterocycles. The highest BCUT2D eigenvalue weighted by atomic mass is 79.9. The van der Waals surface area contributed by atoms with E-state index in [1.807, 2.05) is 0 Å². The second-order valence-electron chi connectivity index (χ2n) is 3.28.